The molecule has 0 saturated heterocycles. The Bertz CT molecular complexity index is 1080. The van der Waals surface area contributed by atoms with Gasteiger partial charge in [0, 0.05) is 17.3 Å². The van der Waals surface area contributed by atoms with Gasteiger partial charge in [-0.25, -0.2) is 9.78 Å². The molecule has 0 atom stereocenters. The van der Waals surface area contributed by atoms with Gasteiger partial charge in [0.2, 0.25) is 5.91 Å². The quantitative estimate of drug-likeness (QED) is 0.441. The van der Waals surface area contributed by atoms with Crippen LogP contribution >= 0.6 is 34.5 Å². The van der Waals surface area contributed by atoms with E-state index >= 15 is 0 Å². The largest absolute Gasteiger partial charge is 0.456 e. The average molecular weight is 449 g/mol. The first kappa shape index (κ1) is 21.3. The number of ether oxygens (including phenoxy) is 1. The molecule has 3 rings (SSSR count). The highest BCUT2D eigenvalue weighted by molar-refractivity contribution is 7.14. The van der Waals surface area contributed by atoms with Crippen LogP contribution in [0.25, 0.3) is 0 Å². The number of carbonyl (C=O) groups excluding carboxylic acids is 2. The van der Waals surface area contributed by atoms with Crippen LogP contribution < -0.4 is 4.90 Å². The summed E-state index contributed by atoms with van der Waals surface area (Å²) in [4.78, 5) is 30.5. The summed E-state index contributed by atoms with van der Waals surface area (Å²) < 4.78 is 5.30. The number of thiazole rings is 1. The van der Waals surface area contributed by atoms with Crippen LogP contribution in [0, 0.1) is 13.8 Å². The van der Waals surface area contributed by atoms with Crippen molar-refractivity contribution in [3.63, 3.8) is 0 Å². The van der Waals surface area contributed by atoms with Crippen LogP contribution in [0.3, 0.4) is 0 Å². The number of hydrogen-bond donors (Lipinski definition) is 0. The topological polar surface area (TPSA) is 59.5 Å². The second-order valence-electron chi connectivity index (χ2n) is 6.44. The van der Waals surface area contributed by atoms with Crippen LogP contribution in [0.2, 0.25) is 10.0 Å². The third kappa shape index (κ3) is 4.96. The molecule has 0 spiro atoms. The molecule has 1 aromatic heterocycles. The molecular weight excluding hydrogens is 431 g/mol. The zero-order chi connectivity index (χ0) is 21.1. The van der Waals surface area contributed by atoms with Crippen LogP contribution in [0.4, 0.5) is 10.8 Å². The van der Waals surface area contributed by atoms with E-state index in [2.05, 4.69) is 4.98 Å². The lowest BCUT2D eigenvalue weighted by Crippen LogP contribution is -2.22. The summed E-state index contributed by atoms with van der Waals surface area (Å²) in [6, 6.07) is 10.4. The third-order valence-electron chi connectivity index (χ3n) is 4.29. The smallest absolute Gasteiger partial charge is 0.340 e. The summed E-state index contributed by atoms with van der Waals surface area (Å²) in [6.45, 7) is 5.44. The molecule has 8 heteroatoms. The summed E-state index contributed by atoms with van der Waals surface area (Å²) in [5.41, 5.74) is 3.69. The Morgan fingerprint density at radius 3 is 2.55 bits per heavy atom. The lowest BCUT2D eigenvalue weighted by molar-refractivity contribution is -0.115. The van der Waals surface area contributed by atoms with Gasteiger partial charge in [-0.1, -0.05) is 29.3 Å². The third-order valence-corrected chi connectivity index (χ3v) is 5.73. The Morgan fingerprint density at radius 2 is 1.86 bits per heavy atom. The van der Waals surface area contributed by atoms with Crippen molar-refractivity contribution >= 4 is 57.2 Å². The van der Waals surface area contributed by atoms with Gasteiger partial charge in [0.05, 0.1) is 22.0 Å². The normalized spacial score (nSPS) is 10.7. The SMILES string of the molecule is CC(=O)N(c1ccc(C)c(C)c1)c1nc(COC(=O)c2cc(Cl)ccc2Cl)cs1. The first-order chi connectivity index (χ1) is 13.8. The van der Waals surface area contributed by atoms with E-state index in [1.54, 1.807) is 11.4 Å². The minimum Gasteiger partial charge on any atom is -0.456 e. The van der Waals surface area contributed by atoms with Gasteiger partial charge in [-0.2, -0.15) is 0 Å². The van der Waals surface area contributed by atoms with Gasteiger partial charge in [0.15, 0.2) is 5.13 Å². The molecule has 1 amide bonds. The number of halogens is 2. The first-order valence-corrected chi connectivity index (χ1v) is 10.3. The highest BCUT2D eigenvalue weighted by atomic mass is 35.5. The Hall–Kier alpha value is -2.41. The molecule has 29 heavy (non-hydrogen) atoms. The molecule has 1 heterocycles. The van der Waals surface area contributed by atoms with Crippen molar-refractivity contribution in [2.24, 2.45) is 0 Å². The number of rotatable bonds is 5. The van der Waals surface area contributed by atoms with Crippen molar-refractivity contribution in [2.45, 2.75) is 27.4 Å². The number of benzene rings is 2. The summed E-state index contributed by atoms with van der Waals surface area (Å²) in [6.07, 6.45) is 0. The van der Waals surface area contributed by atoms with Gasteiger partial charge in [0.25, 0.3) is 0 Å². The molecule has 2 aromatic carbocycles. The van der Waals surface area contributed by atoms with E-state index in [0.717, 1.165) is 16.8 Å². The van der Waals surface area contributed by atoms with Crippen molar-refractivity contribution in [2.75, 3.05) is 4.90 Å². The van der Waals surface area contributed by atoms with Crippen LogP contribution in [0.1, 0.15) is 34.1 Å². The number of hydrogen-bond acceptors (Lipinski definition) is 5. The molecular formula is C21H18Cl2N2O3S. The van der Waals surface area contributed by atoms with Crippen molar-refractivity contribution in [1.82, 2.24) is 4.98 Å². The maximum atomic E-state index is 12.3. The number of nitrogens with zero attached hydrogens (tertiary/aromatic N) is 2. The molecule has 0 bridgehead atoms. The molecule has 0 N–H and O–H groups in total. The molecule has 0 aliphatic carbocycles. The fourth-order valence-electron chi connectivity index (χ4n) is 2.63. The second-order valence-corrected chi connectivity index (χ2v) is 8.12. The van der Waals surface area contributed by atoms with Gasteiger partial charge in [-0.15, -0.1) is 11.3 Å². The number of aromatic nitrogens is 1. The Labute approximate surface area is 182 Å². The fraction of sp³-hybridized carbons (Fsp3) is 0.190. The van der Waals surface area contributed by atoms with Crippen LogP contribution in [0.15, 0.2) is 41.8 Å². The van der Waals surface area contributed by atoms with Gasteiger partial charge in [-0.05, 0) is 55.3 Å². The Balaban J connectivity index is 1.76. The second kappa shape index (κ2) is 8.95. The minimum absolute atomic E-state index is 0.0448. The van der Waals surface area contributed by atoms with E-state index < -0.39 is 5.97 Å². The summed E-state index contributed by atoms with van der Waals surface area (Å²) in [5, 5.41) is 2.91. The van der Waals surface area contributed by atoms with Crippen LogP contribution in [0.5, 0.6) is 0 Å². The summed E-state index contributed by atoms with van der Waals surface area (Å²) in [7, 11) is 0. The van der Waals surface area contributed by atoms with Crippen LogP contribution in [-0.2, 0) is 16.1 Å². The lowest BCUT2D eigenvalue weighted by atomic mass is 10.1. The van der Waals surface area contributed by atoms with Gasteiger partial charge < -0.3 is 4.74 Å². The van der Waals surface area contributed by atoms with E-state index in [0.29, 0.717) is 15.8 Å². The van der Waals surface area contributed by atoms with Gasteiger partial charge in [-0.3, -0.25) is 9.69 Å². The number of carbonyl (C=O) groups is 2. The zero-order valence-corrected chi connectivity index (χ0v) is 18.4. The molecule has 150 valence electrons. The lowest BCUT2D eigenvalue weighted by Gasteiger charge is -2.19. The first-order valence-electron chi connectivity index (χ1n) is 8.71. The van der Waals surface area contributed by atoms with Gasteiger partial charge in [0.1, 0.15) is 6.61 Å². The fourth-order valence-corrected chi connectivity index (χ4v) is 3.87. The molecule has 0 saturated carbocycles. The number of anilines is 2. The molecule has 3 aromatic rings. The van der Waals surface area contributed by atoms with Crippen LogP contribution in [-0.4, -0.2) is 16.9 Å². The zero-order valence-electron chi connectivity index (χ0n) is 16.0. The van der Waals surface area contributed by atoms with Crippen molar-refractivity contribution in [1.29, 1.82) is 0 Å². The molecule has 0 fully saturated rings. The molecule has 0 aliphatic rings. The van der Waals surface area contributed by atoms with Crippen molar-refractivity contribution in [3.05, 3.63) is 74.2 Å². The minimum atomic E-state index is -0.593. The molecule has 0 radical (unpaired) electrons. The Kier molecular flexibility index (Phi) is 6.57. The van der Waals surface area contributed by atoms with Crippen molar-refractivity contribution in [3.8, 4) is 0 Å². The average Bonchev–Trinajstić information content (AvgIpc) is 3.13. The number of aryl methyl sites for hydroxylation is 2. The van der Waals surface area contributed by atoms with E-state index in [-0.39, 0.29) is 23.1 Å². The maximum absolute atomic E-state index is 12.3. The number of esters is 1. The molecule has 0 unspecified atom stereocenters. The van der Waals surface area contributed by atoms with E-state index in [9.17, 15) is 9.59 Å². The van der Waals surface area contributed by atoms with Gasteiger partial charge >= 0.3 is 5.97 Å². The highest BCUT2D eigenvalue weighted by Crippen LogP contribution is 2.30. The molecule has 5 nitrogen and oxygen atoms in total. The van der Waals surface area contributed by atoms with E-state index in [1.165, 1.54) is 35.3 Å². The van der Waals surface area contributed by atoms with E-state index in [4.69, 9.17) is 27.9 Å². The van der Waals surface area contributed by atoms with Crippen molar-refractivity contribution < 1.29 is 14.3 Å². The summed E-state index contributed by atoms with van der Waals surface area (Å²) >= 11 is 13.2. The monoisotopic (exact) mass is 448 g/mol. The Morgan fingerprint density at radius 1 is 1.10 bits per heavy atom. The standard InChI is InChI=1S/C21H18Cl2N2O3S/c1-12-4-6-17(8-13(12)2)25(14(3)26)21-24-16(11-29-21)10-28-20(27)18-9-15(22)5-7-19(18)23/h4-9,11H,10H2,1-3H3. The maximum Gasteiger partial charge on any atom is 0.340 e. The van der Waals surface area contributed by atoms with E-state index in [1.807, 2.05) is 32.0 Å². The predicted molar refractivity (Wildman–Crippen MR) is 116 cm³/mol. The summed E-state index contributed by atoms with van der Waals surface area (Å²) in [5.74, 6) is -0.749. The predicted octanol–water partition coefficient (Wildman–Crippen LogP) is 6.11. The molecule has 0 aliphatic heterocycles. The number of amides is 1. The highest BCUT2D eigenvalue weighted by Gasteiger charge is 2.19.